The molecule has 2 aromatic rings. The van der Waals surface area contributed by atoms with Gasteiger partial charge >= 0.3 is 0 Å². The van der Waals surface area contributed by atoms with Gasteiger partial charge in [0.05, 0.1) is 6.04 Å². The van der Waals surface area contributed by atoms with Crippen LogP contribution < -0.4 is 15.2 Å². The number of fused-ring (bicyclic) bond motifs is 1. The number of hydrogen-bond acceptors (Lipinski definition) is 3. The molecule has 0 fully saturated rings. The van der Waals surface area contributed by atoms with Crippen molar-refractivity contribution in [2.24, 2.45) is 5.73 Å². The fourth-order valence-corrected chi connectivity index (χ4v) is 2.38. The standard InChI is InChI=1S/C16H16FNO2/c1-10-2-4-12(17)9-13(10)16(18)11-3-5-14-15(8-11)20-7-6-19-14/h2-5,8-9,16H,6-7,18H2,1H3. The Kier molecular flexibility index (Phi) is 3.32. The lowest BCUT2D eigenvalue weighted by atomic mass is 9.95. The monoisotopic (exact) mass is 273 g/mol. The molecule has 1 aliphatic rings. The van der Waals surface area contributed by atoms with E-state index in [2.05, 4.69) is 0 Å². The van der Waals surface area contributed by atoms with Crippen molar-refractivity contribution in [3.05, 3.63) is 58.9 Å². The van der Waals surface area contributed by atoms with Gasteiger partial charge in [0.1, 0.15) is 19.0 Å². The van der Waals surface area contributed by atoms with Crippen LogP contribution in [0.3, 0.4) is 0 Å². The van der Waals surface area contributed by atoms with Gasteiger partial charge in [-0.05, 0) is 47.9 Å². The Morgan fingerprint density at radius 3 is 2.60 bits per heavy atom. The van der Waals surface area contributed by atoms with Crippen LogP contribution in [0, 0.1) is 12.7 Å². The van der Waals surface area contributed by atoms with Crippen molar-refractivity contribution in [3.8, 4) is 11.5 Å². The van der Waals surface area contributed by atoms with E-state index in [1.54, 1.807) is 6.07 Å². The summed E-state index contributed by atoms with van der Waals surface area (Å²) in [7, 11) is 0. The fraction of sp³-hybridized carbons (Fsp3) is 0.250. The van der Waals surface area contributed by atoms with Crippen LogP contribution in [0.1, 0.15) is 22.7 Å². The van der Waals surface area contributed by atoms with E-state index in [9.17, 15) is 4.39 Å². The lowest BCUT2D eigenvalue weighted by Gasteiger charge is -2.21. The summed E-state index contributed by atoms with van der Waals surface area (Å²) in [5.74, 6) is 1.14. The first kappa shape index (κ1) is 12.9. The first-order chi connectivity index (χ1) is 9.65. The molecule has 1 atom stereocenters. The molecule has 0 radical (unpaired) electrons. The van der Waals surface area contributed by atoms with E-state index in [1.165, 1.54) is 12.1 Å². The predicted octanol–water partition coefficient (Wildman–Crippen LogP) is 2.95. The third-order valence-electron chi connectivity index (χ3n) is 3.50. The molecule has 2 aromatic carbocycles. The predicted molar refractivity (Wildman–Crippen MR) is 74.6 cm³/mol. The Bertz CT molecular complexity index is 642. The van der Waals surface area contributed by atoms with E-state index in [4.69, 9.17) is 15.2 Å². The summed E-state index contributed by atoms with van der Waals surface area (Å²) in [4.78, 5) is 0. The zero-order chi connectivity index (χ0) is 14.1. The molecule has 0 aromatic heterocycles. The normalized spacial score (nSPS) is 14.9. The zero-order valence-corrected chi connectivity index (χ0v) is 11.2. The number of aryl methyl sites for hydroxylation is 1. The Labute approximate surface area is 117 Å². The molecule has 3 nitrogen and oxygen atoms in total. The summed E-state index contributed by atoms with van der Waals surface area (Å²) in [6.45, 7) is 3.01. The lowest BCUT2D eigenvalue weighted by Crippen LogP contribution is -2.17. The molecule has 3 rings (SSSR count). The average molecular weight is 273 g/mol. The van der Waals surface area contributed by atoms with Crippen molar-refractivity contribution in [1.82, 2.24) is 0 Å². The molecule has 0 bridgehead atoms. The van der Waals surface area contributed by atoms with E-state index in [0.717, 1.165) is 22.4 Å². The van der Waals surface area contributed by atoms with Crippen LogP contribution in [-0.2, 0) is 0 Å². The Balaban J connectivity index is 1.97. The van der Waals surface area contributed by atoms with Crippen molar-refractivity contribution in [1.29, 1.82) is 0 Å². The maximum absolute atomic E-state index is 13.4. The van der Waals surface area contributed by atoms with Gasteiger partial charge in [-0.15, -0.1) is 0 Å². The van der Waals surface area contributed by atoms with Crippen molar-refractivity contribution in [2.45, 2.75) is 13.0 Å². The van der Waals surface area contributed by atoms with E-state index in [1.807, 2.05) is 25.1 Å². The third-order valence-corrected chi connectivity index (χ3v) is 3.50. The molecule has 0 aliphatic carbocycles. The van der Waals surface area contributed by atoms with Crippen LogP contribution >= 0.6 is 0 Å². The molecule has 1 heterocycles. The maximum Gasteiger partial charge on any atom is 0.161 e. The topological polar surface area (TPSA) is 44.5 Å². The van der Waals surface area contributed by atoms with E-state index in [-0.39, 0.29) is 11.9 Å². The Morgan fingerprint density at radius 1 is 1.05 bits per heavy atom. The summed E-state index contributed by atoms with van der Waals surface area (Å²) < 4.78 is 24.4. The lowest BCUT2D eigenvalue weighted by molar-refractivity contribution is 0.171. The summed E-state index contributed by atoms with van der Waals surface area (Å²) in [5, 5.41) is 0. The molecule has 0 spiro atoms. The van der Waals surface area contributed by atoms with Crippen molar-refractivity contribution < 1.29 is 13.9 Å². The zero-order valence-electron chi connectivity index (χ0n) is 11.2. The number of benzene rings is 2. The van der Waals surface area contributed by atoms with E-state index < -0.39 is 0 Å². The van der Waals surface area contributed by atoms with Gasteiger partial charge in [-0.1, -0.05) is 12.1 Å². The highest BCUT2D eigenvalue weighted by Crippen LogP contribution is 2.34. The largest absolute Gasteiger partial charge is 0.486 e. The molecule has 2 N–H and O–H groups in total. The molecule has 104 valence electrons. The van der Waals surface area contributed by atoms with Crippen LogP contribution in [0.25, 0.3) is 0 Å². The van der Waals surface area contributed by atoms with Gasteiger partial charge in [0.25, 0.3) is 0 Å². The third kappa shape index (κ3) is 2.34. The van der Waals surface area contributed by atoms with Crippen molar-refractivity contribution in [3.63, 3.8) is 0 Å². The van der Waals surface area contributed by atoms with Gasteiger partial charge in [0.2, 0.25) is 0 Å². The van der Waals surface area contributed by atoms with Gasteiger partial charge in [0, 0.05) is 0 Å². The highest BCUT2D eigenvalue weighted by molar-refractivity contribution is 5.47. The van der Waals surface area contributed by atoms with E-state index >= 15 is 0 Å². The second kappa shape index (κ2) is 5.13. The molecule has 4 heteroatoms. The minimum Gasteiger partial charge on any atom is -0.486 e. The maximum atomic E-state index is 13.4. The van der Waals surface area contributed by atoms with Gasteiger partial charge in [-0.2, -0.15) is 0 Å². The average Bonchev–Trinajstić information content (AvgIpc) is 2.48. The first-order valence-corrected chi connectivity index (χ1v) is 6.56. The fourth-order valence-electron chi connectivity index (χ4n) is 2.38. The summed E-state index contributed by atoms with van der Waals surface area (Å²) in [6, 6.07) is 9.88. The minimum absolute atomic E-state index is 0.279. The number of nitrogens with two attached hydrogens (primary N) is 1. The first-order valence-electron chi connectivity index (χ1n) is 6.56. The number of ether oxygens (including phenoxy) is 2. The van der Waals surface area contributed by atoms with Crippen molar-refractivity contribution >= 4 is 0 Å². The number of halogens is 1. The molecule has 20 heavy (non-hydrogen) atoms. The number of hydrogen-bond donors (Lipinski definition) is 1. The molecule has 0 saturated carbocycles. The highest BCUT2D eigenvalue weighted by Gasteiger charge is 2.17. The molecule has 1 aliphatic heterocycles. The van der Waals surface area contributed by atoms with Gasteiger partial charge in [-0.25, -0.2) is 4.39 Å². The van der Waals surface area contributed by atoms with Gasteiger partial charge in [0.15, 0.2) is 11.5 Å². The number of rotatable bonds is 2. The molecule has 0 amide bonds. The van der Waals surface area contributed by atoms with Crippen LogP contribution in [0.2, 0.25) is 0 Å². The van der Waals surface area contributed by atoms with Crippen LogP contribution in [0.4, 0.5) is 4.39 Å². The van der Waals surface area contributed by atoms with Crippen LogP contribution in [0.5, 0.6) is 11.5 Å². The SMILES string of the molecule is Cc1ccc(F)cc1C(N)c1ccc2c(c1)OCCO2. The molecule has 0 saturated heterocycles. The highest BCUT2D eigenvalue weighted by atomic mass is 19.1. The smallest absolute Gasteiger partial charge is 0.161 e. The molecule has 1 unspecified atom stereocenters. The summed E-state index contributed by atoms with van der Waals surface area (Å²) >= 11 is 0. The minimum atomic E-state index is -0.387. The van der Waals surface area contributed by atoms with E-state index in [0.29, 0.717) is 19.0 Å². The van der Waals surface area contributed by atoms with Gasteiger partial charge < -0.3 is 15.2 Å². The van der Waals surface area contributed by atoms with Crippen LogP contribution in [-0.4, -0.2) is 13.2 Å². The second-order valence-corrected chi connectivity index (χ2v) is 4.88. The summed E-state index contributed by atoms with van der Waals surface area (Å²) in [6.07, 6.45) is 0. The Morgan fingerprint density at radius 2 is 1.80 bits per heavy atom. The second-order valence-electron chi connectivity index (χ2n) is 4.88. The Hall–Kier alpha value is -2.07. The molecular formula is C16H16FNO2. The quantitative estimate of drug-likeness (QED) is 0.915. The van der Waals surface area contributed by atoms with Crippen LogP contribution in [0.15, 0.2) is 36.4 Å². The summed E-state index contributed by atoms with van der Waals surface area (Å²) in [5.41, 5.74) is 8.88. The molecular weight excluding hydrogens is 257 g/mol. The van der Waals surface area contributed by atoms with Crippen molar-refractivity contribution in [2.75, 3.05) is 13.2 Å². The van der Waals surface area contributed by atoms with Gasteiger partial charge in [-0.3, -0.25) is 0 Å².